The zero-order valence-electron chi connectivity index (χ0n) is 24.9. The summed E-state index contributed by atoms with van der Waals surface area (Å²) in [5, 5.41) is 34.1. The molecule has 239 valence electrons. The minimum Gasteiger partial charge on any atom is -0.867 e. The summed E-state index contributed by atoms with van der Waals surface area (Å²) in [5.74, 6) is -5.57. The van der Waals surface area contributed by atoms with E-state index in [1.54, 1.807) is 20.8 Å². The van der Waals surface area contributed by atoms with Gasteiger partial charge in [0.25, 0.3) is 0 Å². The number of rotatable bonds is 6. The minimum absolute atomic E-state index is 0. The molecule has 0 N–H and O–H groups in total. The van der Waals surface area contributed by atoms with E-state index in [9.17, 15) is 44.1 Å². The maximum atomic E-state index is 11.4. The standard InChI is InChI=1S/3C10H14O4.Fe/c3*1-2-14-10(13)9(12)7-5-3-4-6-8(7)11;/h3*12H,2-6H2,1H3;/q;;;+3/p-3/b3*9-7-;. The largest absolute Gasteiger partial charge is 3.00 e. The van der Waals surface area contributed by atoms with Crippen LogP contribution in [0.2, 0.25) is 0 Å². The minimum atomic E-state index is -0.905. The Balaban J connectivity index is 0.000000608. The van der Waals surface area contributed by atoms with Crippen molar-refractivity contribution >= 4 is 35.3 Å². The number of carbonyl (C=O) groups excluding carboxylic acids is 6. The van der Waals surface area contributed by atoms with E-state index < -0.39 is 35.2 Å². The summed E-state index contributed by atoms with van der Waals surface area (Å²) >= 11 is 0. The Morgan fingerprint density at radius 2 is 0.698 bits per heavy atom. The Kier molecular flexibility index (Phi) is 19.6. The first-order chi connectivity index (χ1) is 20.0. The predicted octanol–water partition coefficient (Wildman–Crippen LogP) is 0.919. The Morgan fingerprint density at radius 1 is 0.488 bits per heavy atom. The van der Waals surface area contributed by atoms with Crippen LogP contribution in [0.25, 0.3) is 0 Å². The van der Waals surface area contributed by atoms with Gasteiger partial charge in [0.05, 0.1) is 19.8 Å². The molecule has 1 radical (unpaired) electrons. The van der Waals surface area contributed by atoms with Crippen LogP contribution in [0.1, 0.15) is 97.8 Å². The summed E-state index contributed by atoms with van der Waals surface area (Å²) in [6.07, 6.45) is 7.17. The van der Waals surface area contributed by atoms with Gasteiger partial charge in [0.1, 0.15) is 0 Å². The van der Waals surface area contributed by atoms with Crippen LogP contribution in [0, 0.1) is 0 Å². The topological polar surface area (TPSA) is 199 Å². The van der Waals surface area contributed by atoms with Gasteiger partial charge in [-0.3, -0.25) is 14.4 Å². The van der Waals surface area contributed by atoms with Gasteiger partial charge in [0.2, 0.25) is 0 Å². The normalized spacial score (nSPS) is 20.0. The van der Waals surface area contributed by atoms with E-state index in [0.717, 1.165) is 38.5 Å². The second kappa shape index (κ2) is 21.3. The van der Waals surface area contributed by atoms with Crippen molar-refractivity contribution in [3.05, 3.63) is 34.0 Å². The molecule has 13 heteroatoms. The van der Waals surface area contributed by atoms with Crippen molar-refractivity contribution < 1.29 is 75.4 Å². The number of hydrogen-bond acceptors (Lipinski definition) is 12. The molecule has 3 fully saturated rings. The molecule has 3 saturated carbocycles. The molecule has 3 aliphatic carbocycles. The molecule has 0 aromatic carbocycles. The number of ketones is 3. The van der Waals surface area contributed by atoms with Crippen molar-refractivity contribution in [2.24, 2.45) is 0 Å². The second-order valence-corrected chi connectivity index (χ2v) is 9.48. The molecule has 0 atom stereocenters. The number of esters is 3. The van der Waals surface area contributed by atoms with Crippen LogP contribution in [0.3, 0.4) is 0 Å². The molecular weight excluding hydrogens is 608 g/mol. The van der Waals surface area contributed by atoms with Crippen LogP contribution >= 0.6 is 0 Å². The Labute approximate surface area is 262 Å². The summed E-state index contributed by atoms with van der Waals surface area (Å²) in [7, 11) is 0. The predicted molar refractivity (Wildman–Crippen MR) is 141 cm³/mol. The Bertz CT molecular complexity index is 978. The van der Waals surface area contributed by atoms with E-state index in [0.29, 0.717) is 38.5 Å². The summed E-state index contributed by atoms with van der Waals surface area (Å²) in [4.78, 5) is 67.0. The smallest absolute Gasteiger partial charge is 0.867 e. The molecule has 3 aliphatic rings. The molecule has 0 saturated heterocycles. The molecule has 0 aromatic heterocycles. The number of allylic oxidation sites excluding steroid dienone is 3. The Morgan fingerprint density at radius 3 is 0.884 bits per heavy atom. The van der Waals surface area contributed by atoms with Gasteiger partial charge in [0.15, 0.2) is 17.3 Å². The van der Waals surface area contributed by atoms with E-state index in [1.807, 2.05) is 0 Å². The average Bonchev–Trinajstić information content (AvgIpc) is 2.98. The quantitative estimate of drug-likeness (QED) is 0.130. The monoisotopic (exact) mass is 647 g/mol. The number of ether oxygens (including phenoxy) is 3. The van der Waals surface area contributed by atoms with Crippen molar-refractivity contribution in [1.29, 1.82) is 0 Å². The zero-order valence-corrected chi connectivity index (χ0v) is 26.0. The first kappa shape index (κ1) is 39.6. The molecular formula is C30H39FeO12. The number of Topliss-reactive ketones (excluding diaryl/α,β-unsaturated/α-hetero) is 3. The van der Waals surface area contributed by atoms with Gasteiger partial charge in [-0.05, 0) is 113 Å². The fourth-order valence-electron chi connectivity index (χ4n) is 4.31. The second-order valence-electron chi connectivity index (χ2n) is 9.48. The molecule has 3 rings (SSSR count). The number of carbonyl (C=O) groups is 6. The van der Waals surface area contributed by atoms with Gasteiger partial charge in [-0.15, -0.1) is 0 Å². The van der Waals surface area contributed by atoms with Gasteiger partial charge in [-0.25, -0.2) is 14.4 Å². The summed E-state index contributed by atoms with van der Waals surface area (Å²) < 4.78 is 13.6. The summed E-state index contributed by atoms with van der Waals surface area (Å²) in [5.41, 5.74) is 0.360. The zero-order chi connectivity index (χ0) is 31.7. The van der Waals surface area contributed by atoms with E-state index in [-0.39, 0.29) is 71.0 Å². The van der Waals surface area contributed by atoms with Crippen LogP contribution in [0.5, 0.6) is 0 Å². The molecule has 0 amide bonds. The fourth-order valence-corrected chi connectivity index (χ4v) is 4.31. The van der Waals surface area contributed by atoms with Gasteiger partial charge in [0, 0.05) is 19.3 Å². The van der Waals surface area contributed by atoms with Crippen molar-refractivity contribution in [1.82, 2.24) is 0 Å². The first-order valence-corrected chi connectivity index (χ1v) is 14.3. The van der Waals surface area contributed by atoms with Gasteiger partial charge in [-0.2, -0.15) is 0 Å². The molecule has 0 bridgehead atoms. The molecule has 0 aromatic rings. The van der Waals surface area contributed by atoms with E-state index >= 15 is 0 Å². The third kappa shape index (κ3) is 13.2. The maximum absolute atomic E-state index is 11.4. The number of hydrogen-bond donors (Lipinski definition) is 0. The van der Waals surface area contributed by atoms with Gasteiger partial charge < -0.3 is 29.5 Å². The van der Waals surface area contributed by atoms with Crippen molar-refractivity contribution in [3.8, 4) is 0 Å². The fraction of sp³-hybridized carbons (Fsp3) is 0.600. The molecule has 0 unspecified atom stereocenters. The van der Waals surface area contributed by atoms with Crippen molar-refractivity contribution in [2.75, 3.05) is 19.8 Å². The molecule has 43 heavy (non-hydrogen) atoms. The van der Waals surface area contributed by atoms with Crippen molar-refractivity contribution in [2.45, 2.75) is 97.8 Å². The van der Waals surface area contributed by atoms with Gasteiger partial charge >= 0.3 is 35.0 Å². The molecule has 0 heterocycles. The van der Waals surface area contributed by atoms with Crippen molar-refractivity contribution in [3.63, 3.8) is 0 Å². The molecule has 0 spiro atoms. The average molecular weight is 647 g/mol. The third-order valence-electron chi connectivity index (χ3n) is 6.46. The van der Waals surface area contributed by atoms with Crippen LogP contribution in [0.4, 0.5) is 0 Å². The summed E-state index contributed by atoms with van der Waals surface area (Å²) in [6.45, 7) is 5.35. The van der Waals surface area contributed by atoms with E-state index in [1.165, 1.54) is 0 Å². The first-order valence-electron chi connectivity index (χ1n) is 14.3. The van der Waals surface area contributed by atoms with Crippen LogP contribution in [-0.2, 0) is 60.0 Å². The van der Waals surface area contributed by atoms with Gasteiger partial charge in [-0.1, -0.05) is 0 Å². The maximum Gasteiger partial charge on any atom is 3.00 e. The summed E-state index contributed by atoms with van der Waals surface area (Å²) in [6, 6.07) is 0. The molecule has 12 nitrogen and oxygen atoms in total. The van der Waals surface area contributed by atoms with E-state index in [2.05, 4.69) is 14.2 Å². The van der Waals surface area contributed by atoms with E-state index in [4.69, 9.17) is 0 Å². The third-order valence-corrected chi connectivity index (χ3v) is 6.46. The van der Waals surface area contributed by atoms with Crippen LogP contribution in [0.15, 0.2) is 34.0 Å². The van der Waals surface area contributed by atoms with Crippen LogP contribution in [-0.4, -0.2) is 55.1 Å². The Hall–Kier alpha value is -3.44. The SMILES string of the molecule is CCOC(=O)/C([O-])=C1\CCCCC1=O.CCOC(=O)/C([O-])=C1\CCCCC1=O.CCOC(=O)/C([O-])=C1\CCCCC1=O.[Fe+3]. The van der Waals surface area contributed by atoms with Crippen LogP contribution < -0.4 is 15.3 Å². The molecule has 0 aliphatic heterocycles.